The number of amidine groups is 1. The lowest BCUT2D eigenvalue weighted by atomic mass is 10.1. The van der Waals surface area contributed by atoms with Crippen LogP contribution in [0.4, 0.5) is 5.69 Å². The predicted octanol–water partition coefficient (Wildman–Crippen LogP) is 4.20. The topological polar surface area (TPSA) is 50.7 Å². The Kier molecular flexibility index (Phi) is 4.71. The second-order valence-corrected chi connectivity index (χ2v) is 6.58. The number of benzene rings is 2. The number of ether oxygens (including phenoxy) is 1. The van der Waals surface area contributed by atoms with Crippen LogP contribution in [0.25, 0.3) is 6.08 Å². The van der Waals surface area contributed by atoms with E-state index in [1.54, 1.807) is 7.11 Å². The second-order valence-electron chi connectivity index (χ2n) is 5.55. The van der Waals surface area contributed by atoms with Crippen LogP contribution in [0.15, 0.2) is 52.4 Å². The summed E-state index contributed by atoms with van der Waals surface area (Å²) in [6.07, 6.45) is 1.84. The summed E-state index contributed by atoms with van der Waals surface area (Å²) in [6, 6.07) is 13.6. The fourth-order valence-corrected chi connectivity index (χ4v) is 3.24. The van der Waals surface area contributed by atoms with E-state index >= 15 is 0 Å². The predicted molar refractivity (Wildman–Crippen MR) is 99.7 cm³/mol. The van der Waals surface area contributed by atoms with Crippen molar-refractivity contribution in [2.24, 2.45) is 4.99 Å². The zero-order valence-electron chi connectivity index (χ0n) is 13.8. The van der Waals surface area contributed by atoms with Gasteiger partial charge in [0, 0.05) is 0 Å². The summed E-state index contributed by atoms with van der Waals surface area (Å²) < 4.78 is 5.21. The number of nitrogens with one attached hydrogen (secondary N) is 1. The molecule has 1 aliphatic rings. The molecule has 0 unspecified atom stereocenters. The second kappa shape index (κ2) is 6.93. The molecule has 1 aliphatic heterocycles. The van der Waals surface area contributed by atoms with Gasteiger partial charge in [0.1, 0.15) is 5.75 Å². The van der Waals surface area contributed by atoms with Gasteiger partial charge in [-0.05, 0) is 61.0 Å². The Balaban J connectivity index is 1.85. The van der Waals surface area contributed by atoms with Crippen molar-refractivity contribution in [3.8, 4) is 5.75 Å². The fraction of sp³-hybridized carbons (Fsp3) is 0.158. The van der Waals surface area contributed by atoms with Gasteiger partial charge in [0.25, 0.3) is 5.91 Å². The molecule has 1 heterocycles. The minimum absolute atomic E-state index is 0.133. The number of carbonyl (C=O) groups excluding carboxylic acids is 1. The van der Waals surface area contributed by atoms with Gasteiger partial charge in [0.15, 0.2) is 5.17 Å². The highest BCUT2D eigenvalue weighted by Crippen LogP contribution is 2.29. The Bertz CT molecular complexity index is 856. The van der Waals surface area contributed by atoms with Crippen molar-refractivity contribution in [1.29, 1.82) is 0 Å². The number of thioether (sulfide) groups is 1. The van der Waals surface area contributed by atoms with E-state index in [2.05, 4.69) is 16.4 Å². The van der Waals surface area contributed by atoms with Gasteiger partial charge < -0.3 is 10.1 Å². The van der Waals surface area contributed by atoms with Crippen LogP contribution >= 0.6 is 11.8 Å². The van der Waals surface area contributed by atoms with Gasteiger partial charge in [-0.2, -0.15) is 0 Å². The molecule has 0 aromatic heterocycles. The van der Waals surface area contributed by atoms with Gasteiger partial charge in [0.05, 0.1) is 17.7 Å². The minimum atomic E-state index is -0.133. The number of carbonyl (C=O) groups is 1. The quantitative estimate of drug-likeness (QED) is 0.853. The summed E-state index contributed by atoms with van der Waals surface area (Å²) in [5.74, 6) is 0.628. The SMILES string of the molecule is COc1cccc(/C=C2/SC(=Nc3ccc(C)cc3C)NC2=O)c1. The van der Waals surface area contributed by atoms with Crippen LogP contribution in [0.2, 0.25) is 0 Å². The third kappa shape index (κ3) is 3.68. The molecule has 0 spiro atoms. The van der Waals surface area contributed by atoms with Crippen LogP contribution in [-0.2, 0) is 4.79 Å². The van der Waals surface area contributed by atoms with E-state index in [1.165, 1.54) is 17.3 Å². The molecule has 1 fully saturated rings. The molecule has 1 N–H and O–H groups in total. The van der Waals surface area contributed by atoms with Crippen LogP contribution in [0.1, 0.15) is 16.7 Å². The Morgan fingerprint density at radius 1 is 1.17 bits per heavy atom. The zero-order valence-corrected chi connectivity index (χ0v) is 14.6. The van der Waals surface area contributed by atoms with Gasteiger partial charge >= 0.3 is 0 Å². The van der Waals surface area contributed by atoms with Crippen LogP contribution in [0, 0.1) is 13.8 Å². The number of methoxy groups -OCH3 is 1. The van der Waals surface area contributed by atoms with Crippen molar-refractivity contribution in [2.75, 3.05) is 7.11 Å². The first-order valence-electron chi connectivity index (χ1n) is 7.56. The first-order chi connectivity index (χ1) is 11.5. The monoisotopic (exact) mass is 338 g/mol. The fourth-order valence-electron chi connectivity index (χ4n) is 2.40. The average Bonchev–Trinajstić information content (AvgIpc) is 2.90. The maximum Gasteiger partial charge on any atom is 0.264 e. The number of hydrogen-bond acceptors (Lipinski definition) is 4. The normalized spacial score (nSPS) is 17.4. The van der Waals surface area contributed by atoms with Crippen molar-refractivity contribution in [3.05, 3.63) is 64.1 Å². The Hall–Kier alpha value is -2.53. The van der Waals surface area contributed by atoms with E-state index in [4.69, 9.17) is 4.74 Å². The molecule has 0 radical (unpaired) electrons. The highest BCUT2D eigenvalue weighted by molar-refractivity contribution is 8.18. The number of amides is 1. The van der Waals surface area contributed by atoms with Crippen LogP contribution in [0.5, 0.6) is 5.75 Å². The minimum Gasteiger partial charge on any atom is -0.497 e. The lowest BCUT2D eigenvalue weighted by Crippen LogP contribution is -2.19. The molecular formula is C19H18N2O2S. The lowest BCUT2D eigenvalue weighted by molar-refractivity contribution is -0.115. The van der Waals surface area contributed by atoms with Crippen molar-refractivity contribution < 1.29 is 9.53 Å². The van der Waals surface area contributed by atoms with E-state index in [0.29, 0.717) is 10.1 Å². The molecule has 4 nitrogen and oxygen atoms in total. The summed E-state index contributed by atoms with van der Waals surface area (Å²) in [5, 5.41) is 3.42. The smallest absolute Gasteiger partial charge is 0.264 e. The van der Waals surface area contributed by atoms with Gasteiger partial charge in [-0.15, -0.1) is 0 Å². The molecule has 122 valence electrons. The Morgan fingerprint density at radius 3 is 2.75 bits per heavy atom. The van der Waals surface area contributed by atoms with Crippen LogP contribution in [0.3, 0.4) is 0 Å². The number of rotatable bonds is 3. The number of aryl methyl sites for hydroxylation is 2. The molecule has 1 amide bonds. The van der Waals surface area contributed by atoms with E-state index < -0.39 is 0 Å². The molecule has 24 heavy (non-hydrogen) atoms. The molecule has 1 saturated heterocycles. The first-order valence-corrected chi connectivity index (χ1v) is 8.38. The van der Waals surface area contributed by atoms with Crippen LogP contribution < -0.4 is 10.1 Å². The van der Waals surface area contributed by atoms with Gasteiger partial charge in [0.2, 0.25) is 0 Å². The number of aliphatic imine (C=N–C) groups is 1. The molecule has 0 atom stereocenters. The summed E-state index contributed by atoms with van der Waals surface area (Å²) in [6.45, 7) is 4.06. The summed E-state index contributed by atoms with van der Waals surface area (Å²) in [7, 11) is 1.62. The van der Waals surface area contributed by atoms with Crippen molar-refractivity contribution >= 4 is 34.6 Å². The molecule has 0 saturated carbocycles. The number of nitrogens with zero attached hydrogens (tertiary/aromatic N) is 1. The Labute approximate surface area is 145 Å². The summed E-state index contributed by atoms with van der Waals surface area (Å²) >= 11 is 1.34. The highest BCUT2D eigenvalue weighted by Gasteiger charge is 2.24. The van der Waals surface area contributed by atoms with Gasteiger partial charge in [-0.25, -0.2) is 4.99 Å². The summed E-state index contributed by atoms with van der Waals surface area (Å²) in [5.41, 5.74) is 4.06. The first kappa shape index (κ1) is 16.3. The van der Waals surface area contributed by atoms with E-state index in [-0.39, 0.29) is 5.91 Å². The van der Waals surface area contributed by atoms with Crippen molar-refractivity contribution in [1.82, 2.24) is 5.32 Å². The summed E-state index contributed by atoms with van der Waals surface area (Å²) in [4.78, 5) is 17.3. The van der Waals surface area contributed by atoms with E-state index in [1.807, 2.05) is 56.3 Å². The van der Waals surface area contributed by atoms with E-state index in [0.717, 1.165) is 22.6 Å². The molecular weight excluding hydrogens is 320 g/mol. The Morgan fingerprint density at radius 2 is 2.00 bits per heavy atom. The largest absolute Gasteiger partial charge is 0.497 e. The standard InChI is InChI=1S/C19H18N2O2S/c1-12-7-8-16(13(2)9-12)20-19-21-18(22)17(24-19)11-14-5-4-6-15(10-14)23-3/h4-11H,1-3H3,(H,20,21,22)/b17-11+. The molecule has 3 rings (SSSR count). The van der Waals surface area contributed by atoms with Crippen molar-refractivity contribution in [3.63, 3.8) is 0 Å². The maximum absolute atomic E-state index is 12.2. The lowest BCUT2D eigenvalue weighted by Gasteiger charge is -2.02. The zero-order chi connectivity index (χ0) is 17.1. The van der Waals surface area contributed by atoms with E-state index in [9.17, 15) is 4.79 Å². The van der Waals surface area contributed by atoms with Crippen molar-refractivity contribution in [2.45, 2.75) is 13.8 Å². The third-order valence-corrected chi connectivity index (χ3v) is 4.53. The average molecular weight is 338 g/mol. The number of hydrogen-bond donors (Lipinski definition) is 1. The maximum atomic E-state index is 12.2. The van der Waals surface area contributed by atoms with Gasteiger partial charge in [-0.3, -0.25) is 4.79 Å². The molecule has 2 aromatic carbocycles. The molecule has 0 aliphatic carbocycles. The molecule has 2 aromatic rings. The third-order valence-electron chi connectivity index (χ3n) is 3.62. The van der Waals surface area contributed by atoms with Crippen LogP contribution in [-0.4, -0.2) is 18.2 Å². The molecule has 5 heteroatoms. The highest BCUT2D eigenvalue weighted by atomic mass is 32.2. The van der Waals surface area contributed by atoms with Gasteiger partial charge in [-0.1, -0.05) is 29.8 Å². The molecule has 0 bridgehead atoms.